The lowest BCUT2D eigenvalue weighted by atomic mass is 9.78. The van der Waals surface area contributed by atoms with Gasteiger partial charge in [-0.1, -0.05) is 50.2 Å². The van der Waals surface area contributed by atoms with Crippen LogP contribution in [0, 0.1) is 11.7 Å². The fourth-order valence-corrected chi connectivity index (χ4v) is 5.21. The van der Waals surface area contributed by atoms with Crippen molar-refractivity contribution >= 4 is 23.1 Å². The van der Waals surface area contributed by atoms with Gasteiger partial charge in [-0.2, -0.15) is 0 Å². The maximum Gasteiger partial charge on any atom is 0.230 e. The van der Waals surface area contributed by atoms with E-state index in [-0.39, 0.29) is 23.5 Å². The number of anilines is 2. The van der Waals surface area contributed by atoms with Crippen molar-refractivity contribution in [2.45, 2.75) is 38.6 Å². The van der Waals surface area contributed by atoms with E-state index in [0.29, 0.717) is 29.7 Å². The molecule has 0 saturated heterocycles. The van der Waals surface area contributed by atoms with E-state index in [1.807, 2.05) is 62.4 Å². The molecule has 2 atom stereocenters. The summed E-state index contributed by atoms with van der Waals surface area (Å²) >= 11 is 0. The number of nitrogens with one attached hydrogen (secondary N) is 1. The Bertz CT molecular complexity index is 1350. The van der Waals surface area contributed by atoms with Gasteiger partial charge in [0.15, 0.2) is 5.78 Å². The van der Waals surface area contributed by atoms with Crippen LogP contribution in [0.25, 0.3) is 0 Å². The highest BCUT2D eigenvalue weighted by atomic mass is 19.1. The van der Waals surface area contributed by atoms with Crippen molar-refractivity contribution < 1.29 is 18.7 Å². The zero-order chi connectivity index (χ0) is 25.4. The SMILES string of the molecule is COc1ccc([C@@H]2CC(=O)C3=C(C2)Nc2ccccc2N(C(=O)C(C)C)[C@@H]3c2cccc(F)c2)cc1. The molecule has 1 aliphatic heterocycles. The lowest BCUT2D eigenvalue weighted by Gasteiger charge is -2.36. The van der Waals surface area contributed by atoms with Crippen LogP contribution in [0.5, 0.6) is 5.75 Å². The van der Waals surface area contributed by atoms with Gasteiger partial charge in [-0.05, 0) is 59.9 Å². The van der Waals surface area contributed by atoms with Crippen molar-refractivity contribution in [1.29, 1.82) is 0 Å². The van der Waals surface area contributed by atoms with Crippen molar-refractivity contribution in [1.82, 2.24) is 0 Å². The predicted molar refractivity (Wildman–Crippen MR) is 139 cm³/mol. The molecular weight excluding hydrogens is 455 g/mol. The molecule has 6 heteroatoms. The van der Waals surface area contributed by atoms with Crippen LogP contribution in [0.15, 0.2) is 84.1 Å². The van der Waals surface area contributed by atoms with Gasteiger partial charge in [0.2, 0.25) is 5.91 Å². The predicted octanol–water partition coefficient (Wildman–Crippen LogP) is 6.39. The van der Waals surface area contributed by atoms with Crippen molar-refractivity contribution in [2.24, 2.45) is 5.92 Å². The van der Waals surface area contributed by atoms with Crippen LogP contribution in [-0.2, 0) is 9.59 Å². The smallest absolute Gasteiger partial charge is 0.230 e. The molecule has 0 unspecified atom stereocenters. The van der Waals surface area contributed by atoms with Crippen molar-refractivity contribution in [2.75, 3.05) is 17.3 Å². The van der Waals surface area contributed by atoms with E-state index < -0.39 is 11.9 Å². The van der Waals surface area contributed by atoms with Gasteiger partial charge in [0.25, 0.3) is 0 Å². The number of nitrogens with zero attached hydrogens (tertiary/aromatic N) is 1. The van der Waals surface area contributed by atoms with Crippen LogP contribution in [-0.4, -0.2) is 18.8 Å². The summed E-state index contributed by atoms with van der Waals surface area (Å²) in [7, 11) is 1.62. The number of carbonyl (C=O) groups is 2. The van der Waals surface area contributed by atoms with E-state index in [1.165, 1.54) is 12.1 Å². The molecule has 1 heterocycles. The molecule has 5 rings (SSSR count). The maximum atomic E-state index is 14.4. The summed E-state index contributed by atoms with van der Waals surface area (Å²) < 4.78 is 19.7. The molecular formula is C30H29FN2O3. The Morgan fingerprint density at radius 2 is 1.75 bits per heavy atom. The average Bonchev–Trinajstić information content (AvgIpc) is 3.03. The zero-order valence-electron chi connectivity index (χ0n) is 20.6. The molecule has 1 N–H and O–H groups in total. The van der Waals surface area contributed by atoms with E-state index in [2.05, 4.69) is 5.32 Å². The van der Waals surface area contributed by atoms with Crippen molar-refractivity contribution in [3.63, 3.8) is 0 Å². The Hall–Kier alpha value is -3.93. The number of methoxy groups -OCH3 is 1. The van der Waals surface area contributed by atoms with Gasteiger partial charge >= 0.3 is 0 Å². The number of fused-ring (bicyclic) bond motifs is 1. The normalized spacial score (nSPS) is 19.4. The molecule has 0 aromatic heterocycles. The monoisotopic (exact) mass is 484 g/mol. The van der Waals surface area contributed by atoms with Gasteiger partial charge in [-0.15, -0.1) is 0 Å². The number of hydrogen-bond acceptors (Lipinski definition) is 4. The van der Waals surface area contributed by atoms with Crippen LogP contribution >= 0.6 is 0 Å². The molecule has 2 aliphatic rings. The molecule has 3 aromatic rings. The molecule has 0 fully saturated rings. The van der Waals surface area contributed by atoms with Crippen LogP contribution < -0.4 is 15.0 Å². The van der Waals surface area contributed by atoms with Crippen LogP contribution in [0.2, 0.25) is 0 Å². The molecule has 0 bridgehead atoms. The van der Waals surface area contributed by atoms with E-state index in [0.717, 1.165) is 22.7 Å². The number of halogens is 1. The first-order chi connectivity index (χ1) is 17.4. The number of ketones is 1. The number of allylic oxidation sites excluding steroid dienone is 1. The number of hydrogen-bond donors (Lipinski definition) is 1. The highest BCUT2D eigenvalue weighted by Gasteiger charge is 2.42. The van der Waals surface area contributed by atoms with Gasteiger partial charge < -0.3 is 10.1 Å². The standard InChI is InChI=1S/C30H29FN2O3/c1-18(2)30(35)33-26-10-5-4-9-24(26)32-25-16-21(19-11-13-23(36-3)14-12-19)17-27(34)28(25)29(33)20-7-6-8-22(31)15-20/h4-15,18,21,29,32H,16-17H2,1-3H3/t21-,29+/m0/s1. The minimum atomic E-state index is -0.730. The number of ether oxygens (including phenoxy) is 1. The van der Waals surface area contributed by atoms with Gasteiger partial charge in [0.05, 0.1) is 24.5 Å². The third-order valence-corrected chi connectivity index (χ3v) is 6.97. The second-order valence-electron chi connectivity index (χ2n) is 9.66. The summed E-state index contributed by atoms with van der Waals surface area (Å²) in [6, 6.07) is 20.8. The first-order valence-electron chi connectivity index (χ1n) is 12.2. The molecule has 5 nitrogen and oxygen atoms in total. The second kappa shape index (κ2) is 9.61. The van der Waals surface area contributed by atoms with E-state index in [4.69, 9.17) is 4.74 Å². The highest BCUT2D eigenvalue weighted by Crippen LogP contribution is 2.47. The fraction of sp³-hybridized carbons (Fsp3) is 0.267. The van der Waals surface area contributed by atoms with Gasteiger partial charge in [-0.3, -0.25) is 14.5 Å². The van der Waals surface area contributed by atoms with Gasteiger partial charge in [0.1, 0.15) is 11.6 Å². The Morgan fingerprint density at radius 3 is 2.44 bits per heavy atom. The Labute approximate surface area is 210 Å². The molecule has 0 radical (unpaired) electrons. The minimum Gasteiger partial charge on any atom is -0.497 e. The third-order valence-electron chi connectivity index (χ3n) is 6.97. The number of benzene rings is 3. The summed E-state index contributed by atoms with van der Waals surface area (Å²) in [6.07, 6.45) is 0.899. The first-order valence-corrected chi connectivity index (χ1v) is 12.2. The molecule has 0 saturated carbocycles. The fourth-order valence-electron chi connectivity index (χ4n) is 5.21. The van der Waals surface area contributed by atoms with Crippen LogP contribution in [0.4, 0.5) is 15.8 Å². The summed E-state index contributed by atoms with van der Waals surface area (Å²) in [5.41, 5.74) is 4.34. The molecule has 36 heavy (non-hydrogen) atoms. The van der Waals surface area contributed by atoms with E-state index in [9.17, 15) is 14.0 Å². The van der Waals surface area contributed by atoms with Crippen LogP contribution in [0.3, 0.4) is 0 Å². The number of Topliss-reactive ketones (excluding diaryl/α,β-unsaturated/α-hetero) is 1. The van der Waals surface area contributed by atoms with Crippen molar-refractivity contribution in [3.05, 3.63) is 101 Å². The minimum absolute atomic E-state index is 0.0256. The Balaban J connectivity index is 1.69. The lowest BCUT2D eigenvalue weighted by Crippen LogP contribution is -2.40. The molecule has 3 aromatic carbocycles. The average molecular weight is 485 g/mol. The topological polar surface area (TPSA) is 58.6 Å². The highest BCUT2D eigenvalue weighted by molar-refractivity contribution is 6.06. The van der Waals surface area contributed by atoms with Gasteiger partial charge in [0, 0.05) is 23.6 Å². The largest absolute Gasteiger partial charge is 0.497 e. The third kappa shape index (κ3) is 4.28. The Morgan fingerprint density at radius 1 is 1.00 bits per heavy atom. The number of para-hydroxylation sites is 2. The maximum absolute atomic E-state index is 14.4. The summed E-state index contributed by atoms with van der Waals surface area (Å²) in [5.74, 6) is -0.164. The lowest BCUT2D eigenvalue weighted by molar-refractivity contribution is -0.121. The first kappa shape index (κ1) is 23.8. The van der Waals surface area contributed by atoms with Crippen molar-refractivity contribution in [3.8, 4) is 5.75 Å². The zero-order valence-corrected chi connectivity index (χ0v) is 20.6. The number of amides is 1. The summed E-state index contributed by atoms with van der Waals surface area (Å²) in [6.45, 7) is 3.67. The second-order valence-corrected chi connectivity index (χ2v) is 9.66. The molecule has 184 valence electrons. The number of carbonyl (C=O) groups excluding carboxylic acids is 2. The summed E-state index contributed by atoms with van der Waals surface area (Å²) in [4.78, 5) is 29.2. The van der Waals surface area contributed by atoms with E-state index in [1.54, 1.807) is 24.1 Å². The van der Waals surface area contributed by atoms with Gasteiger partial charge in [-0.25, -0.2) is 4.39 Å². The Kier molecular flexibility index (Phi) is 6.35. The molecule has 1 aliphatic carbocycles. The molecule has 0 spiro atoms. The van der Waals surface area contributed by atoms with E-state index >= 15 is 0 Å². The number of rotatable bonds is 4. The van der Waals surface area contributed by atoms with Crippen LogP contribution in [0.1, 0.15) is 49.8 Å². The molecule has 1 amide bonds. The summed E-state index contributed by atoms with van der Waals surface area (Å²) in [5, 5.41) is 3.50. The quantitative estimate of drug-likeness (QED) is 0.466.